The highest BCUT2D eigenvalue weighted by Crippen LogP contribution is 2.38. The molecule has 0 saturated heterocycles. The van der Waals surface area contributed by atoms with Gasteiger partial charge >= 0.3 is 6.18 Å². The van der Waals surface area contributed by atoms with Gasteiger partial charge in [-0.2, -0.15) is 13.2 Å². The van der Waals surface area contributed by atoms with Crippen LogP contribution in [0, 0.1) is 5.92 Å². The number of aromatic amines is 1. The molecule has 41 heavy (non-hydrogen) atoms. The van der Waals surface area contributed by atoms with Crippen molar-refractivity contribution in [2.45, 2.75) is 76.6 Å². The van der Waals surface area contributed by atoms with E-state index < -0.39 is 12.6 Å². The molecule has 1 unspecified atom stereocenters. The zero-order chi connectivity index (χ0) is 28.8. The number of hydrogen-bond donors (Lipinski definition) is 2. The van der Waals surface area contributed by atoms with Crippen molar-refractivity contribution < 1.29 is 17.9 Å². The molecule has 5 rings (SSSR count). The molecule has 7 heteroatoms. The van der Waals surface area contributed by atoms with E-state index >= 15 is 0 Å². The van der Waals surface area contributed by atoms with E-state index in [1.165, 1.54) is 22.3 Å². The quantitative estimate of drug-likeness (QED) is 0.243. The number of ether oxygens (including phenoxy) is 1. The lowest BCUT2D eigenvalue weighted by Crippen LogP contribution is -2.35. The zero-order valence-electron chi connectivity index (χ0n) is 23.9. The van der Waals surface area contributed by atoms with E-state index in [9.17, 15) is 13.2 Å². The average Bonchev–Trinajstić information content (AvgIpc) is 3.24. The van der Waals surface area contributed by atoms with Crippen molar-refractivity contribution in [3.05, 3.63) is 89.3 Å². The first-order valence-corrected chi connectivity index (χ1v) is 14.8. The average molecular weight is 564 g/mol. The molecule has 1 atom stereocenters. The highest BCUT2D eigenvalue weighted by atomic mass is 19.4. The van der Waals surface area contributed by atoms with Gasteiger partial charge in [0.15, 0.2) is 0 Å². The minimum atomic E-state index is -4.14. The second-order valence-electron chi connectivity index (χ2n) is 11.3. The highest BCUT2D eigenvalue weighted by Gasteiger charge is 2.28. The molecule has 218 valence electrons. The van der Waals surface area contributed by atoms with E-state index in [0.717, 1.165) is 67.4 Å². The molecule has 1 fully saturated rings. The van der Waals surface area contributed by atoms with Gasteiger partial charge in [0, 0.05) is 19.2 Å². The molecule has 0 spiro atoms. The maximum atomic E-state index is 12.5. The van der Waals surface area contributed by atoms with Gasteiger partial charge < -0.3 is 9.72 Å². The van der Waals surface area contributed by atoms with Gasteiger partial charge in [-0.25, -0.2) is 4.98 Å². The van der Waals surface area contributed by atoms with Crippen LogP contribution >= 0.6 is 0 Å². The SMILES string of the molecule is CCc1ccc2nc(C3=CCC=C(c4ccc(C5CCC(CC(NCCC(F)(F)F)OC)CC5)cc4)C=C3)[nH]c2c1. The van der Waals surface area contributed by atoms with Crippen LogP contribution < -0.4 is 5.32 Å². The Morgan fingerprint density at radius 2 is 1.73 bits per heavy atom. The molecule has 1 aromatic heterocycles. The third kappa shape index (κ3) is 7.77. The van der Waals surface area contributed by atoms with Gasteiger partial charge in [0.05, 0.1) is 17.5 Å². The van der Waals surface area contributed by atoms with Gasteiger partial charge in [-0.05, 0) is 91.2 Å². The molecule has 0 radical (unpaired) electrons. The van der Waals surface area contributed by atoms with Crippen LogP contribution in [-0.2, 0) is 11.2 Å². The predicted octanol–water partition coefficient (Wildman–Crippen LogP) is 8.73. The number of methoxy groups -OCH3 is 1. The van der Waals surface area contributed by atoms with Crippen molar-refractivity contribution >= 4 is 22.2 Å². The monoisotopic (exact) mass is 563 g/mol. The van der Waals surface area contributed by atoms with Crippen molar-refractivity contribution in [3.63, 3.8) is 0 Å². The third-order valence-corrected chi connectivity index (χ3v) is 8.52. The van der Waals surface area contributed by atoms with Gasteiger partial charge in [-0.1, -0.05) is 61.6 Å². The lowest BCUT2D eigenvalue weighted by molar-refractivity contribution is -0.135. The summed E-state index contributed by atoms with van der Waals surface area (Å²) < 4.78 is 42.8. The highest BCUT2D eigenvalue weighted by molar-refractivity contribution is 5.85. The molecule has 1 saturated carbocycles. The molecule has 3 aromatic rings. The van der Waals surface area contributed by atoms with Gasteiger partial charge in [0.25, 0.3) is 0 Å². The van der Waals surface area contributed by atoms with Crippen molar-refractivity contribution in [2.75, 3.05) is 13.7 Å². The number of imidazole rings is 1. The molecule has 2 aliphatic carbocycles. The molecule has 0 amide bonds. The number of aromatic nitrogens is 2. The smallest absolute Gasteiger partial charge is 0.367 e. The van der Waals surface area contributed by atoms with E-state index in [4.69, 9.17) is 9.72 Å². The number of allylic oxidation sites excluding steroid dienone is 6. The summed E-state index contributed by atoms with van der Waals surface area (Å²) in [6.45, 7) is 2.06. The lowest BCUT2D eigenvalue weighted by Gasteiger charge is -2.31. The number of benzene rings is 2. The van der Waals surface area contributed by atoms with Gasteiger partial charge in [-0.3, -0.25) is 5.32 Å². The summed E-state index contributed by atoms with van der Waals surface area (Å²) >= 11 is 0. The first kappa shape index (κ1) is 29.3. The Morgan fingerprint density at radius 3 is 2.44 bits per heavy atom. The summed E-state index contributed by atoms with van der Waals surface area (Å²) in [6, 6.07) is 15.4. The van der Waals surface area contributed by atoms with E-state index in [2.05, 4.69) is 84.0 Å². The molecule has 1 heterocycles. The Balaban J connectivity index is 1.14. The van der Waals surface area contributed by atoms with Crippen LogP contribution in [0.5, 0.6) is 0 Å². The van der Waals surface area contributed by atoms with E-state index in [1.807, 2.05) is 0 Å². The second kappa shape index (κ2) is 13.2. The van der Waals surface area contributed by atoms with E-state index in [1.54, 1.807) is 7.11 Å². The number of halogens is 3. The summed E-state index contributed by atoms with van der Waals surface area (Å²) in [6.07, 6.45) is 10.4. The molecule has 0 bridgehead atoms. The predicted molar refractivity (Wildman–Crippen MR) is 160 cm³/mol. The van der Waals surface area contributed by atoms with E-state index in [0.29, 0.717) is 11.8 Å². The van der Waals surface area contributed by atoms with Crippen LogP contribution in [0.1, 0.15) is 80.3 Å². The lowest BCUT2D eigenvalue weighted by atomic mass is 9.77. The van der Waals surface area contributed by atoms with Crippen molar-refractivity contribution in [1.29, 1.82) is 0 Å². The molecular formula is C34H40F3N3O. The molecule has 2 N–H and O–H groups in total. The van der Waals surface area contributed by atoms with E-state index in [-0.39, 0.29) is 12.8 Å². The Bertz CT molecular complexity index is 1390. The fourth-order valence-electron chi connectivity index (χ4n) is 6.05. The molecule has 4 nitrogen and oxygen atoms in total. The van der Waals surface area contributed by atoms with Crippen LogP contribution in [-0.4, -0.2) is 36.0 Å². The number of rotatable bonds is 10. The maximum absolute atomic E-state index is 12.5. The zero-order valence-corrected chi connectivity index (χ0v) is 23.9. The normalized spacial score (nSPS) is 20.5. The van der Waals surface area contributed by atoms with Crippen LogP contribution in [0.3, 0.4) is 0 Å². The minimum Gasteiger partial charge on any atom is -0.367 e. The Kier molecular flexibility index (Phi) is 9.46. The van der Waals surface area contributed by atoms with Crippen LogP contribution in [0.15, 0.2) is 66.8 Å². The molecule has 2 aromatic carbocycles. The number of hydrogen-bond acceptors (Lipinski definition) is 3. The summed E-state index contributed by atoms with van der Waals surface area (Å²) in [5.41, 5.74) is 8.25. The number of nitrogens with one attached hydrogen (secondary N) is 2. The number of H-pyrrole nitrogens is 1. The standard InChI is InChI=1S/C34H40F3N3O/c1-3-23-9-18-30-31(21-23)40-33(39-30)29-6-4-5-25(16-17-29)27-12-14-28(15-13-27)26-10-7-24(8-11-26)22-32(41-2)38-20-19-34(35,36)37/h5-6,9,12-18,21,24,26,32,38H,3-4,7-8,10-11,19-20,22H2,1-2H3,(H,39,40). The topological polar surface area (TPSA) is 49.9 Å². The van der Waals surface area contributed by atoms with Crippen molar-refractivity contribution in [2.24, 2.45) is 5.92 Å². The molecule has 2 aliphatic rings. The Labute approximate surface area is 240 Å². The van der Waals surface area contributed by atoms with Crippen molar-refractivity contribution in [3.8, 4) is 0 Å². The summed E-state index contributed by atoms with van der Waals surface area (Å²) in [5, 5.41) is 2.92. The molecule has 0 aliphatic heterocycles. The second-order valence-corrected chi connectivity index (χ2v) is 11.3. The Morgan fingerprint density at radius 1 is 1.00 bits per heavy atom. The van der Waals surface area contributed by atoms with Crippen LogP contribution in [0.4, 0.5) is 13.2 Å². The number of nitrogens with zero attached hydrogens (tertiary/aromatic N) is 1. The van der Waals surface area contributed by atoms with Gasteiger partial charge in [-0.15, -0.1) is 0 Å². The van der Waals surface area contributed by atoms with Crippen LogP contribution in [0.25, 0.3) is 22.2 Å². The Hall–Kier alpha value is -3.16. The first-order chi connectivity index (χ1) is 19.8. The van der Waals surface area contributed by atoms with Crippen LogP contribution in [0.2, 0.25) is 0 Å². The maximum Gasteiger partial charge on any atom is 0.390 e. The molecular weight excluding hydrogens is 523 g/mol. The summed E-state index contributed by atoms with van der Waals surface area (Å²) in [7, 11) is 1.56. The van der Waals surface area contributed by atoms with Crippen molar-refractivity contribution in [1.82, 2.24) is 15.3 Å². The fraction of sp³-hybridized carbons (Fsp3) is 0.441. The number of aryl methyl sites for hydroxylation is 1. The third-order valence-electron chi connectivity index (χ3n) is 8.52. The largest absolute Gasteiger partial charge is 0.390 e. The van der Waals surface area contributed by atoms with Gasteiger partial charge in [0.1, 0.15) is 12.1 Å². The summed E-state index contributed by atoms with van der Waals surface area (Å²) in [5.74, 6) is 1.89. The minimum absolute atomic E-state index is 0.105. The first-order valence-electron chi connectivity index (χ1n) is 14.8. The fourth-order valence-corrected chi connectivity index (χ4v) is 6.05. The van der Waals surface area contributed by atoms with Gasteiger partial charge in [0.2, 0.25) is 0 Å². The number of alkyl halides is 3. The summed E-state index contributed by atoms with van der Waals surface area (Å²) in [4.78, 5) is 8.30. The number of fused-ring (bicyclic) bond motifs is 1.